The number of allylic oxidation sites excluding steroid dienone is 10. The fourth-order valence-electron chi connectivity index (χ4n) is 5.38. The van der Waals surface area contributed by atoms with Crippen molar-refractivity contribution in [1.82, 2.24) is 5.32 Å². The van der Waals surface area contributed by atoms with Crippen LogP contribution in [-0.2, 0) is 19.1 Å². The summed E-state index contributed by atoms with van der Waals surface area (Å²) in [5.74, 6) is -0.898. The Bertz CT molecular complexity index is 1650. The molecule has 0 saturated heterocycles. The van der Waals surface area contributed by atoms with Gasteiger partial charge >= 0.3 is 11.9 Å². The molecular weight excluding hydrogens is 536 g/mol. The van der Waals surface area contributed by atoms with Gasteiger partial charge in [-0.05, 0) is 98.8 Å². The molecule has 10 heteroatoms. The number of hydrogen-bond donors (Lipinski definition) is 3. The summed E-state index contributed by atoms with van der Waals surface area (Å²) >= 11 is 0. The number of rotatable bonds is 6. The fourth-order valence-corrected chi connectivity index (χ4v) is 5.38. The van der Waals surface area contributed by atoms with Crippen molar-refractivity contribution in [3.05, 3.63) is 92.5 Å². The number of nitrogens with zero attached hydrogens (tertiary/aromatic N) is 3. The zero-order chi connectivity index (χ0) is 30.3. The topological polar surface area (TPSA) is 142 Å². The van der Waals surface area contributed by atoms with E-state index in [1.165, 1.54) is 21.1 Å². The van der Waals surface area contributed by atoms with Gasteiger partial charge in [0, 0.05) is 12.8 Å². The molecule has 0 fully saturated rings. The van der Waals surface area contributed by atoms with E-state index in [1.54, 1.807) is 12.2 Å². The van der Waals surface area contributed by atoms with Gasteiger partial charge in [-0.2, -0.15) is 0 Å². The number of aliphatic imine (C=N–C) groups is 3. The van der Waals surface area contributed by atoms with Gasteiger partial charge in [0.15, 0.2) is 11.4 Å². The number of esters is 2. The molecule has 8 bridgehead atoms. The highest BCUT2D eigenvalue weighted by molar-refractivity contribution is 6.17. The Labute approximate surface area is 244 Å². The summed E-state index contributed by atoms with van der Waals surface area (Å²) in [5.41, 5.74) is 7.28. The first-order valence-electron chi connectivity index (χ1n) is 13.7. The lowest BCUT2D eigenvalue weighted by Crippen LogP contribution is -2.29. The van der Waals surface area contributed by atoms with E-state index in [-0.39, 0.29) is 30.5 Å². The Morgan fingerprint density at radius 1 is 0.810 bits per heavy atom. The second-order valence-electron chi connectivity index (χ2n) is 10.8. The Kier molecular flexibility index (Phi) is 7.59. The number of hydrogen-bond acceptors (Lipinski definition) is 10. The quantitative estimate of drug-likeness (QED) is 0.399. The molecule has 1 atom stereocenters. The maximum absolute atomic E-state index is 12.1. The Hall–Kier alpha value is -4.57. The average Bonchev–Trinajstić information content (AvgIpc) is 3.61. The molecule has 3 N–H and O–H groups in total. The summed E-state index contributed by atoms with van der Waals surface area (Å²) in [4.78, 5) is 38.7. The van der Waals surface area contributed by atoms with Gasteiger partial charge in [-0.25, -0.2) is 15.0 Å². The third-order valence-corrected chi connectivity index (χ3v) is 8.04. The third-order valence-electron chi connectivity index (χ3n) is 8.04. The van der Waals surface area contributed by atoms with Crippen LogP contribution < -0.4 is 5.32 Å². The minimum Gasteiger partial charge on any atom is -0.507 e. The third kappa shape index (κ3) is 5.25. The number of nitrogens with one attached hydrogen (secondary N) is 1. The molecule has 0 aliphatic carbocycles. The lowest BCUT2D eigenvalue weighted by molar-refractivity contribution is -0.141. The molecule has 0 aromatic carbocycles. The molecule has 5 aliphatic heterocycles. The molecule has 0 unspecified atom stereocenters. The van der Waals surface area contributed by atoms with Crippen LogP contribution in [0.2, 0.25) is 0 Å². The summed E-state index contributed by atoms with van der Waals surface area (Å²) in [5, 5.41) is 25.3. The highest BCUT2D eigenvalue weighted by Gasteiger charge is 2.40. The molecule has 5 heterocycles. The zero-order valence-electron chi connectivity index (χ0n) is 24.6. The Balaban J connectivity index is 1.71. The van der Waals surface area contributed by atoms with Crippen LogP contribution in [0.5, 0.6) is 0 Å². The van der Waals surface area contributed by atoms with Gasteiger partial charge in [0.05, 0.1) is 59.8 Å². The molecule has 0 aromatic heterocycles. The average molecular weight is 571 g/mol. The first kappa shape index (κ1) is 28.9. The van der Waals surface area contributed by atoms with Gasteiger partial charge in [-0.1, -0.05) is 0 Å². The van der Waals surface area contributed by atoms with Gasteiger partial charge in [-0.15, -0.1) is 0 Å². The minimum absolute atomic E-state index is 0.156. The number of ether oxygens (including phenoxy) is 2. The van der Waals surface area contributed by atoms with E-state index in [0.29, 0.717) is 58.5 Å². The summed E-state index contributed by atoms with van der Waals surface area (Å²) in [7, 11) is 2.72. The molecular formula is C32H34N4O6. The lowest BCUT2D eigenvalue weighted by atomic mass is 9.96. The van der Waals surface area contributed by atoms with E-state index in [0.717, 1.165) is 27.9 Å². The first-order valence-corrected chi connectivity index (χ1v) is 13.7. The van der Waals surface area contributed by atoms with Crippen molar-refractivity contribution in [2.75, 3.05) is 14.2 Å². The molecule has 5 aliphatic rings. The van der Waals surface area contributed by atoms with Crippen molar-refractivity contribution in [3.63, 3.8) is 0 Å². The van der Waals surface area contributed by atoms with Crippen LogP contribution in [0.3, 0.4) is 0 Å². The van der Waals surface area contributed by atoms with Crippen molar-refractivity contribution in [1.29, 1.82) is 0 Å². The van der Waals surface area contributed by atoms with E-state index in [2.05, 4.69) is 5.32 Å². The van der Waals surface area contributed by atoms with Gasteiger partial charge in [0.2, 0.25) is 0 Å². The van der Waals surface area contributed by atoms with Gasteiger partial charge in [-0.3, -0.25) is 9.59 Å². The Morgan fingerprint density at radius 2 is 1.43 bits per heavy atom. The van der Waals surface area contributed by atoms with Gasteiger partial charge < -0.3 is 25.0 Å². The molecule has 0 amide bonds. The van der Waals surface area contributed by atoms with Crippen LogP contribution in [0, 0.1) is 0 Å². The normalized spacial score (nSPS) is 23.0. The van der Waals surface area contributed by atoms with E-state index in [4.69, 9.17) is 24.5 Å². The highest BCUT2D eigenvalue weighted by Crippen LogP contribution is 2.38. The monoisotopic (exact) mass is 570 g/mol. The fraction of sp³-hybridized carbons (Fsp3) is 0.344. The maximum atomic E-state index is 12.1. The molecule has 0 spiro atoms. The smallest absolute Gasteiger partial charge is 0.305 e. The van der Waals surface area contributed by atoms with Crippen LogP contribution >= 0.6 is 0 Å². The van der Waals surface area contributed by atoms with Crippen molar-refractivity contribution in [2.24, 2.45) is 15.0 Å². The number of aliphatic hydroxyl groups is 2. The summed E-state index contributed by atoms with van der Waals surface area (Å²) in [6.45, 7) is 7.32. The van der Waals surface area contributed by atoms with E-state index >= 15 is 0 Å². The predicted molar refractivity (Wildman–Crippen MR) is 160 cm³/mol. The number of methoxy groups -OCH3 is 2. The van der Waals surface area contributed by atoms with Crippen LogP contribution in [0.15, 0.2) is 107 Å². The first-order chi connectivity index (χ1) is 19.9. The second-order valence-corrected chi connectivity index (χ2v) is 10.8. The largest absolute Gasteiger partial charge is 0.507 e. The SMILES string of the molecule is COC(=O)CCC1=C(C)C2=NC1=CC1=NC(=CC3=C(O)[C@](C)(O)C(=CC4=NC(=C2)C(C)=C4)N3)C(C)=C1CCC(=O)OC. The minimum atomic E-state index is -1.66. The molecule has 0 aromatic rings. The van der Waals surface area contributed by atoms with E-state index in [9.17, 15) is 19.8 Å². The van der Waals surface area contributed by atoms with Crippen molar-refractivity contribution in [2.45, 2.75) is 59.0 Å². The van der Waals surface area contributed by atoms with Gasteiger partial charge in [0.25, 0.3) is 0 Å². The second kappa shape index (κ2) is 11.0. The number of fused-ring (bicyclic) bond motifs is 5. The van der Waals surface area contributed by atoms with Crippen LogP contribution in [-0.4, -0.2) is 59.1 Å². The number of carbonyl (C=O) groups excluding carboxylic acids is 2. The molecule has 10 nitrogen and oxygen atoms in total. The molecule has 0 saturated carbocycles. The van der Waals surface area contributed by atoms with Crippen LogP contribution in [0.25, 0.3) is 0 Å². The number of carbonyl (C=O) groups is 2. The van der Waals surface area contributed by atoms with Crippen molar-refractivity contribution >= 4 is 29.1 Å². The predicted octanol–water partition coefficient (Wildman–Crippen LogP) is 4.51. The molecule has 0 radical (unpaired) electrons. The lowest BCUT2D eigenvalue weighted by Gasteiger charge is -2.18. The van der Waals surface area contributed by atoms with Crippen molar-refractivity contribution < 1.29 is 29.3 Å². The molecule has 42 heavy (non-hydrogen) atoms. The zero-order valence-corrected chi connectivity index (χ0v) is 24.6. The number of aliphatic hydroxyl groups excluding tert-OH is 1. The standard InChI is InChI=1S/C32H34N4O6/c1-16-11-19-12-28-32(4,40)31(39)27(36-28)14-24-18(3)21(8-10-30(38)42-6)26(35-24)15-25-20(7-9-29(37)41-5)17(2)23(34-25)13-22(16)33-19/h11-15,36,39-40H,7-10H2,1-6H3/t32-/m1/s1. The summed E-state index contributed by atoms with van der Waals surface area (Å²) < 4.78 is 9.76. The van der Waals surface area contributed by atoms with E-state index < -0.39 is 5.60 Å². The summed E-state index contributed by atoms with van der Waals surface area (Å²) in [6, 6.07) is 0. The van der Waals surface area contributed by atoms with Crippen LogP contribution in [0.1, 0.15) is 53.4 Å². The van der Waals surface area contributed by atoms with E-state index in [1.807, 2.05) is 39.0 Å². The maximum Gasteiger partial charge on any atom is 0.305 e. The van der Waals surface area contributed by atoms with Crippen molar-refractivity contribution in [3.8, 4) is 0 Å². The highest BCUT2D eigenvalue weighted by atomic mass is 16.5. The Morgan fingerprint density at radius 3 is 2.10 bits per heavy atom. The van der Waals surface area contributed by atoms with Gasteiger partial charge in [0.1, 0.15) is 0 Å². The summed E-state index contributed by atoms with van der Waals surface area (Å²) in [6.07, 6.45) is 10.2. The molecule has 5 rings (SSSR count). The molecule has 218 valence electrons. The van der Waals surface area contributed by atoms with Crippen LogP contribution in [0.4, 0.5) is 0 Å².